The second kappa shape index (κ2) is 10.8. The molecule has 154 valence electrons. The lowest BCUT2D eigenvalue weighted by Crippen LogP contribution is -2.26. The van der Waals surface area contributed by atoms with E-state index in [1.54, 1.807) is 36.4 Å². The number of esters is 1. The van der Waals surface area contributed by atoms with Crippen molar-refractivity contribution in [2.75, 3.05) is 25.6 Å². The number of carbonyl (C=O) groups is 3. The first-order chi connectivity index (χ1) is 14.0. The van der Waals surface area contributed by atoms with Crippen LogP contribution in [0.15, 0.2) is 42.5 Å². The van der Waals surface area contributed by atoms with Gasteiger partial charge in [-0.25, -0.2) is 4.79 Å². The molecule has 0 radical (unpaired) electrons. The summed E-state index contributed by atoms with van der Waals surface area (Å²) in [6, 6.07) is 12.0. The van der Waals surface area contributed by atoms with Crippen molar-refractivity contribution in [2.45, 2.75) is 26.7 Å². The van der Waals surface area contributed by atoms with Crippen LogP contribution in [0.25, 0.3) is 0 Å². The second-order valence-electron chi connectivity index (χ2n) is 6.36. The average molecular weight is 398 g/mol. The van der Waals surface area contributed by atoms with E-state index in [9.17, 15) is 14.4 Å². The van der Waals surface area contributed by atoms with E-state index in [4.69, 9.17) is 9.47 Å². The van der Waals surface area contributed by atoms with Crippen molar-refractivity contribution in [1.82, 2.24) is 5.32 Å². The molecule has 7 nitrogen and oxygen atoms in total. The summed E-state index contributed by atoms with van der Waals surface area (Å²) in [7, 11) is 1.31. The number of methoxy groups -OCH3 is 1. The minimum absolute atomic E-state index is 0.195. The van der Waals surface area contributed by atoms with E-state index >= 15 is 0 Å². The summed E-state index contributed by atoms with van der Waals surface area (Å²) in [5.74, 6) is -0.364. The second-order valence-corrected chi connectivity index (χ2v) is 6.36. The van der Waals surface area contributed by atoms with Crippen molar-refractivity contribution in [3.05, 3.63) is 59.2 Å². The third-order valence-corrected chi connectivity index (χ3v) is 4.23. The van der Waals surface area contributed by atoms with Gasteiger partial charge in [0.1, 0.15) is 5.75 Å². The molecule has 0 spiro atoms. The third-order valence-electron chi connectivity index (χ3n) is 4.23. The number of ether oxygens (including phenoxy) is 2. The molecule has 0 heterocycles. The molecule has 0 aliphatic carbocycles. The van der Waals surface area contributed by atoms with Crippen LogP contribution in [0.3, 0.4) is 0 Å². The van der Waals surface area contributed by atoms with E-state index in [0.29, 0.717) is 42.1 Å². The molecule has 7 heteroatoms. The zero-order valence-corrected chi connectivity index (χ0v) is 16.9. The molecule has 0 aliphatic rings. The van der Waals surface area contributed by atoms with Crippen molar-refractivity contribution >= 4 is 23.5 Å². The number of nitrogens with one attached hydrogen (secondary N) is 2. The normalized spacial score (nSPS) is 10.2. The molecule has 0 aromatic heterocycles. The van der Waals surface area contributed by atoms with Gasteiger partial charge >= 0.3 is 5.97 Å². The van der Waals surface area contributed by atoms with Gasteiger partial charge in [0.2, 0.25) is 5.91 Å². The van der Waals surface area contributed by atoms with E-state index in [-0.39, 0.29) is 18.2 Å². The largest absolute Gasteiger partial charge is 0.493 e. The summed E-state index contributed by atoms with van der Waals surface area (Å²) in [4.78, 5) is 36.2. The lowest BCUT2D eigenvalue weighted by atomic mass is 10.1. The Morgan fingerprint density at radius 2 is 1.83 bits per heavy atom. The molecule has 0 saturated carbocycles. The van der Waals surface area contributed by atoms with Gasteiger partial charge in [0.05, 0.1) is 24.8 Å². The number of para-hydroxylation sites is 1. The molecule has 2 rings (SSSR count). The van der Waals surface area contributed by atoms with Gasteiger partial charge in [-0.1, -0.05) is 18.2 Å². The Labute approximate surface area is 170 Å². The highest BCUT2D eigenvalue weighted by Crippen LogP contribution is 2.19. The molecular formula is C22H26N2O5. The van der Waals surface area contributed by atoms with Crippen molar-refractivity contribution in [2.24, 2.45) is 0 Å². The third kappa shape index (κ3) is 6.34. The molecule has 0 bridgehead atoms. The Balaban J connectivity index is 1.83. The summed E-state index contributed by atoms with van der Waals surface area (Å²) < 4.78 is 10.2. The van der Waals surface area contributed by atoms with Gasteiger partial charge in [0, 0.05) is 18.7 Å². The smallest absolute Gasteiger partial charge is 0.337 e. The fourth-order valence-electron chi connectivity index (χ4n) is 2.70. The SMILES string of the molecule is CCOc1ccccc1C(=O)NCCCC(=O)Nc1cc(C(=O)OC)ccc1C. The van der Waals surface area contributed by atoms with Crippen molar-refractivity contribution in [3.8, 4) is 5.75 Å². The predicted molar refractivity (Wildman–Crippen MR) is 110 cm³/mol. The fourth-order valence-corrected chi connectivity index (χ4v) is 2.70. The van der Waals surface area contributed by atoms with Gasteiger partial charge in [-0.15, -0.1) is 0 Å². The number of hydrogen-bond acceptors (Lipinski definition) is 5. The molecule has 2 aromatic rings. The number of aryl methyl sites for hydroxylation is 1. The fraction of sp³-hybridized carbons (Fsp3) is 0.318. The minimum Gasteiger partial charge on any atom is -0.493 e. The number of hydrogen-bond donors (Lipinski definition) is 2. The van der Waals surface area contributed by atoms with Gasteiger partial charge < -0.3 is 20.1 Å². The van der Waals surface area contributed by atoms with Gasteiger partial charge in [-0.2, -0.15) is 0 Å². The Kier molecular flexibility index (Phi) is 8.21. The highest BCUT2D eigenvalue weighted by atomic mass is 16.5. The molecule has 2 amide bonds. The van der Waals surface area contributed by atoms with Gasteiger partial charge in [-0.3, -0.25) is 9.59 Å². The van der Waals surface area contributed by atoms with Crippen LogP contribution in [-0.4, -0.2) is 38.0 Å². The van der Waals surface area contributed by atoms with Crippen LogP contribution >= 0.6 is 0 Å². The standard InChI is InChI=1S/C22H26N2O5/c1-4-29-19-9-6-5-8-17(19)21(26)23-13-7-10-20(25)24-18-14-16(22(27)28-3)12-11-15(18)2/h5-6,8-9,11-12,14H,4,7,10,13H2,1-3H3,(H,23,26)(H,24,25). The van der Waals surface area contributed by atoms with Crippen LogP contribution in [0.4, 0.5) is 5.69 Å². The van der Waals surface area contributed by atoms with Crippen LogP contribution in [0.5, 0.6) is 5.75 Å². The molecule has 0 atom stereocenters. The van der Waals surface area contributed by atoms with Crippen molar-refractivity contribution in [1.29, 1.82) is 0 Å². The number of rotatable bonds is 9. The highest BCUT2D eigenvalue weighted by Gasteiger charge is 2.12. The van der Waals surface area contributed by atoms with E-state index in [1.165, 1.54) is 7.11 Å². The molecule has 2 N–H and O–H groups in total. The van der Waals surface area contributed by atoms with Gasteiger partial charge in [0.15, 0.2) is 0 Å². The van der Waals surface area contributed by atoms with E-state index < -0.39 is 5.97 Å². The maximum absolute atomic E-state index is 12.3. The number of carbonyl (C=O) groups excluding carboxylic acids is 3. The topological polar surface area (TPSA) is 93.7 Å². The highest BCUT2D eigenvalue weighted by molar-refractivity contribution is 5.97. The summed E-state index contributed by atoms with van der Waals surface area (Å²) in [5.41, 5.74) is 2.24. The first-order valence-electron chi connectivity index (χ1n) is 9.45. The summed E-state index contributed by atoms with van der Waals surface area (Å²) in [6.07, 6.45) is 0.708. The average Bonchev–Trinajstić information content (AvgIpc) is 2.72. The van der Waals surface area contributed by atoms with E-state index in [2.05, 4.69) is 10.6 Å². The first kappa shape index (κ1) is 21.9. The van der Waals surface area contributed by atoms with Crippen LogP contribution in [0, 0.1) is 6.92 Å². The van der Waals surface area contributed by atoms with Crippen LogP contribution in [0.2, 0.25) is 0 Å². The van der Waals surface area contributed by atoms with Crippen LogP contribution in [0.1, 0.15) is 46.0 Å². The minimum atomic E-state index is -0.462. The number of anilines is 1. The van der Waals surface area contributed by atoms with E-state index in [1.807, 2.05) is 19.9 Å². The summed E-state index contributed by atoms with van der Waals surface area (Å²) in [5, 5.41) is 5.60. The predicted octanol–water partition coefficient (Wildman–Crippen LogP) is 3.33. The lowest BCUT2D eigenvalue weighted by molar-refractivity contribution is -0.116. The molecule has 0 unspecified atom stereocenters. The molecule has 0 saturated heterocycles. The maximum Gasteiger partial charge on any atom is 0.337 e. The van der Waals surface area contributed by atoms with Gasteiger partial charge in [-0.05, 0) is 50.1 Å². The Bertz CT molecular complexity index is 879. The van der Waals surface area contributed by atoms with Crippen LogP contribution < -0.4 is 15.4 Å². The molecule has 0 fully saturated rings. The Morgan fingerprint density at radius 1 is 1.07 bits per heavy atom. The number of amides is 2. The molecule has 0 aliphatic heterocycles. The summed E-state index contributed by atoms with van der Waals surface area (Å²) >= 11 is 0. The number of benzene rings is 2. The maximum atomic E-state index is 12.3. The molecule has 2 aromatic carbocycles. The Morgan fingerprint density at radius 3 is 2.55 bits per heavy atom. The quantitative estimate of drug-likeness (QED) is 0.499. The molecular weight excluding hydrogens is 372 g/mol. The molecule has 29 heavy (non-hydrogen) atoms. The summed E-state index contributed by atoms with van der Waals surface area (Å²) in [6.45, 7) is 4.53. The first-order valence-corrected chi connectivity index (χ1v) is 9.45. The van der Waals surface area contributed by atoms with Crippen LogP contribution in [-0.2, 0) is 9.53 Å². The van der Waals surface area contributed by atoms with E-state index in [0.717, 1.165) is 5.56 Å². The van der Waals surface area contributed by atoms with Gasteiger partial charge in [0.25, 0.3) is 5.91 Å². The zero-order chi connectivity index (χ0) is 21.2. The zero-order valence-electron chi connectivity index (χ0n) is 16.9. The van der Waals surface area contributed by atoms with Crippen molar-refractivity contribution in [3.63, 3.8) is 0 Å². The van der Waals surface area contributed by atoms with Crippen molar-refractivity contribution < 1.29 is 23.9 Å². The monoisotopic (exact) mass is 398 g/mol. The lowest BCUT2D eigenvalue weighted by Gasteiger charge is -2.11. The Hall–Kier alpha value is -3.35.